The standard InChI is InChI=1S/C31H39ClN4O5/c1-39-23-11-12-29(40-2)25(19-23)28-20-27(24-9-5-6-10-26(24)32)33-36(28)30(37)21-35(31(38)22-7-3-4-8-22)14-13-34-15-17-41-18-16-34/h5-6,9-12,19,22,28H,3-4,7-8,13-18,20-21H2,1-2H3/t28-/m1/s1. The Hall–Kier alpha value is -3.14. The number of ether oxygens (including phenoxy) is 3. The Morgan fingerprint density at radius 2 is 1.83 bits per heavy atom. The highest BCUT2D eigenvalue weighted by Crippen LogP contribution is 2.40. The van der Waals surface area contributed by atoms with E-state index < -0.39 is 6.04 Å². The van der Waals surface area contributed by atoms with Gasteiger partial charge in [0, 0.05) is 54.7 Å². The van der Waals surface area contributed by atoms with Crippen LogP contribution in [0.4, 0.5) is 0 Å². The van der Waals surface area contributed by atoms with E-state index in [0.717, 1.165) is 49.9 Å². The number of carbonyl (C=O) groups is 2. The lowest BCUT2D eigenvalue weighted by atomic mass is 9.97. The first kappa shape index (κ1) is 29.4. The van der Waals surface area contributed by atoms with E-state index in [0.29, 0.717) is 55.0 Å². The van der Waals surface area contributed by atoms with Gasteiger partial charge in [0.05, 0.1) is 39.2 Å². The molecule has 0 N–H and O–H groups in total. The fraction of sp³-hybridized carbons (Fsp3) is 0.516. The molecule has 220 valence electrons. The summed E-state index contributed by atoms with van der Waals surface area (Å²) in [5.41, 5.74) is 2.27. The van der Waals surface area contributed by atoms with Crippen LogP contribution in [0.2, 0.25) is 5.02 Å². The second-order valence-corrected chi connectivity index (χ2v) is 11.2. The number of rotatable bonds is 10. The third-order valence-corrected chi connectivity index (χ3v) is 8.61. The molecule has 1 aliphatic carbocycles. The summed E-state index contributed by atoms with van der Waals surface area (Å²) in [6.07, 6.45) is 4.31. The molecule has 10 heteroatoms. The van der Waals surface area contributed by atoms with Crippen molar-refractivity contribution in [3.63, 3.8) is 0 Å². The Kier molecular flexibility index (Phi) is 9.80. The van der Waals surface area contributed by atoms with Crippen LogP contribution in [0, 0.1) is 5.92 Å². The zero-order valence-electron chi connectivity index (χ0n) is 23.9. The largest absolute Gasteiger partial charge is 0.497 e. The Bertz CT molecular complexity index is 1260. The molecule has 0 radical (unpaired) electrons. The van der Waals surface area contributed by atoms with Crippen molar-refractivity contribution in [2.75, 3.05) is 60.2 Å². The number of morpholine rings is 1. The van der Waals surface area contributed by atoms with E-state index in [1.165, 1.54) is 5.01 Å². The van der Waals surface area contributed by atoms with Crippen molar-refractivity contribution in [2.24, 2.45) is 11.0 Å². The predicted molar refractivity (Wildman–Crippen MR) is 158 cm³/mol. The van der Waals surface area contributed by atoms with Gasteiger partial charge in [0.2, 0.25) is 5.91 Å². The number of methoxy groups -OCH3 is 2. The number of halogens is 1. The molecule has 1 atom stereocenters. The van der Waals surface area contributed by atoms with E-state index in [-0.39, 0.29) is 24.3 Å². The lowest BCUT2D eigenvalue weighted by Gasteiger charge is -2.32. The van der Waals surface area contributed by atoms with Crippen LogP contribution in [0.15, 0.2) is 47.6 Å². The van der Waals surface area contributed by atoms with Crippen molar-refractivity contribution in [1.29, 1.82) is 0 Å². The van der Waals surface area contributed by atoms with E-state index in [2.05, 4.69) is 4.90 Å². The smallest absolute Gasteiger partial charge is 0.262 e. The monoisotopic (exact) mass is 582 g/mol. The first-order chi connectivity index (χ1) is 20.0. The Labute approximate surface area is 247 Å². The number of carbonyl (C=O) groups excluding carboxylic acids is 2. The Morgan fingerprint density at radius 3 is 2.54 bits per heavy atom. The molecule has 0 bridgehead atoms. The van der Waals surface area contributed by atoms with Crippen LogP contribution in [-0.4, -0.2) is 92.5 Å². The number of hydrogen-bond acceptors (Lipinski definition) is 7. The number of nitrogens with zero attached hydrogens (tertiary/aromatic N) is 4. The van der Waals surface area contributed by atoms with Gasteiger partial charge in [-0.25, -0.2) is 5.01 Å². The Morgan fingerprint density at radius 1 is 1.07 bits per heavy atom. The minimum Gasteiger partial charge on any atom is -0.497 e. The van der Waals surface area contributed by atoms with Crippen LogP contribution < -0.4 is 9.47 Å². The molecule has 0 unspecified atom stereocenters. The van der Waals surface area contributed by atoms with Gasteiger partial charge in [-0.1, -0.05) is 42.6 Å². The molecule has 9 nitrogen and oxygen atoms in total. The van der Waals surface area contributed by atoms with Gasteiger partial charge in [0.25, 0.3) is 5.91 Å². The van der Waals surface area contributed by atoms with E-state index in [4.69, 9.17) is 30.9 Å². The maximum Gasteiger partial charge on any atom is 0.262 e. The van der Waals surface area contributed by atoms with Gasteiger partial charge in [0.1, 0.15) is 18.0 Å². The lowest BCUT2D eigenvalue weighted by molar-refractivity contribution is -0.144. The average Bonchev–Trinajstić information content (AvgIpc) is 3.70. The second-order valence-electron chi connectivity index (χ2n) is 10.8. The summed E-state index contributed by atoms with van der Waals surface area (Å²) in [4.78, 5) is 31.8. The molecule has 2 aromatic carbocycles. The Balaban J connectivity index is 1.44. The van der Waals surface area contributed by atoms with Crippen LogP contribution in [0.1, 0.15) is 49.3 Å². The minimum absolute atomic E-state index is 0.0254. The highest BCUT2D eigenvalue weighted by atomic mass is 35.5. The quantitative estimate of drug-likeness (QED) is 0.413. The molecule has 2 fully saturated rings. The second kappa shape index (κ2) is 13.7. The van der Waals surface area contributed by atoms with Crippen LogP contribution in [-0.2, 0) is 14.3 Å². The van der Waals surface area contributed by atoms with Crippen LogP contribution in [0.25, 0.3) is 0 Å². The van der Waals surface area contributed by atoms with Crippen molar-refractivity contribution in [1.82, 2.24) is 14.8 Å². The van der Waals surface area contributed by atoms with E-state index in [1.807, 2.05) is 42.5 Å². The van der Waals surface area contributed by atoms with E-state index >= 15 is 0 Å². The summed E-state index contributed by atoms with van der Waals surface area (Å²) in [6, 6.07) is 12.6. The summed E-state index contributed by atoms with van der Waals surface area (Å²) >= 11 is 6.55. The summed E-state index contributed by atoms with van der Waals surface area (Å²) in [6.45, 7) is 4.18. The third-order valence-electron chi connectivity index (χ3n) is 8.28. The van der Waals surface area contributed by atoms with Crippen LogP contribution in [0.3, 0.4) is 0 Å². The average molecular weight is 583 g/mol. The van der Waals surface area contributed by atoms with Gasteiger partial charge in [-0.05, 0) is 37.1 Å². The van der Waals surface area contributed by atoms with Crippen molar-refractivity contribution in [3.05, 3.63) is 58.6 Å². The molecule has 1 saturated carbocycles. The summed E-state index contributed by atoms with van der Waals surface area (Å²) < 4.78 is 16.7. The molecule has 1 saturated heterocycles. The van der Waals surface area contributed by atoms with E-state index in [1.54, 1.807) is 19.1 Å². The predicted octanol–water partition coefficient (Wildman–Crippen LogP) is 4.39. The normalized spacial score (nSPS) is 19.7. The molecule has 2 heterocycles. The molecule has 0 aromatic heterocycles. The molecule has 2 aliphatic heterocycles. The number of hydrazone groups is 1. The van der Waals surface area contributed by atoms with Gasteiger partial charge < -0.3 is 19.1 Å². The highest BCUT2D eigenvalue weighted by Gasteiger charge is 2.37. The summed E-state index contributed by atoms with van der Waals surface area (Å²) in [7, 11) is 3.21. The molecular weight excluding hydrogens is 544 g/mol. The van der Waals surface area contributed by atoms with Gasteiger partial charge in [-0.2, -0.15) is 5.10 Å². The van der Waals surface area contributed by atoms with Crippen LogP contribution in [0.5, 0.6) is 11.5 Å². The minimum atomic E-state index is -0.443. The van der Waals surface area contributed by atoms with Gasteiger partial charge in [-0.3, -0.25) is 14.5 Å². The maximum absolute atomic E-state index is 14.1. The molecule has 2 amide bonds. The van der Waals surface area contributed by atoms with Gasteiger partial charge >= 0.3 is 0 Å². The topological polar surface area (TPSA) is 83.9 Å². The molecule has 41 heavy (non-hydrogen) atoms. The molecular formula is C31H39ClN4O5. The van der Waals surface area contributed by atoms with Crippen molar-refractivity contribution >= 4 is 29.1 Å². The zero-order valence-corrected chi connectivity index (χ0v) is 24.6. The fourth-order valence-corrected chi connectivity index (χ4v) is 6.21. The van der Waals surface area contributed by atoms with E-state index in [9.17, 15) is 9.59 Å². The fourth-order valence-electron chi connectivity index (χ4n) is 5.96. The van der Waals surface area contributed by atoms with Crippen molar-refractivity contribution in [3.8, 4) is 11.5 Å². The van der Waals surface area contributed by atoms with Crippen LogP contribution >= 0.6 is 11.6 Å². The third kappa shape index (κ3) is 6.85. The number of amides is 2. The number of benzene rings is 2. The first-order valence-electron chi connectivity index (χ1n) is 14.4. The lowest BCUT2D eigenvalue weighted by Crippen LogP contribution is -2.48. The van der Waals surface area contributed by atoms with Gasteiger partial charge in [-0.15, -0.1) is 0 Å². The summed E-state index contributed by atoms with van der Waals surface area (Å²) in [5, 5.41) is 6.91. The maximum atomic E-state index is 14.1. The summed E-state index contributed by atoms with van der Waals surface area (Å²) in [5.74, 6) is 1.09. The zero-order chi connectivity index (χ0) is 28.8. The highest BCUT2D eigenvalue weighted by molar-refractivity contribution is 6.34. The van der Waals surface area contributed by atoms with Crippen molar-refractivity contribution < 1.29 is 23.8 Å². The molecule has 3 aliphatic rings. The van der Waals surface area contributed by atoms with Crippen molar-refractivity contribution in [2.45, 2.75) is 38.1 Å². The molecule has 5 rings (SSSR count). The molecule has 2 aromatic rings. The first-order valence-corrected chi connectivity index (χ1v) is 14.8. The van der Waals surface area contributed by atoms with Gasteiger partial charge in [0.15, 0.2) is 0 Å². The molecule has 0 spiro atoms. The SMILES string of the molecule is COc1ccc(OC)c([C@H]2CC(c3ccccc3Cl)=NN2C(=O)CN(CCN2CCOCC2)C(=O)C2CCCC2)c1. The number of hydrogen-bond donors (Lipinski definition) is 0.